The highest BCUT2D eigenvalue weighted by Gasteiger charge is 2.16. The molecule has 0 radical (unpaired) electrons. The summed E-state index contributed by atoms with van der Waals surface area (Å²) in [5.74, 6) is 1.16. The third kappa shape index (κ3) is 5.49. The van der Waals surface area contributed by atoms with Crippen molar-refractivity contribution in [1.29, 1.82) is 0 Å². The predicted octanol–water partition coefficient (Wildman–Crippen LogP) is 2.31. The van der Waals surface area contributed by atoms with Crippen molar-refractivity contribution in [3.05, 3.63) is 31.5 Å². The summed E-state index contributed by atoms with van der Waals surface area (Å²) >= 11 is 0. The zero-order valence-corrected chi connectivity index (χ0v) is 16.0. The Morgan fingerprint density at radius 2 is 0.750 bits per heavy atom. The van der Waals surface area contributed by atoms with Gasteiger partial charge >= 0.3 is 17.1 Å². The Morgan fingerprint density at radius 1 is 0.542 bits per heavy atom. The summed E-state index contributed by atoms with van der Waals surface area (Å²) in [6, 6.07) is 0. The first-order valence-corrected chi connectivity index (χ1v) is 9.09. The highest BCUT2D eigenvalue weighted by molar-refractivity contribution is 4.80. The number of rotatable bonds is 9. The summed E-state index contributed by atoms with van der Waals surface area (Å²) in [7, 11) is 0. The quantitative estimate of drug-likeness (QED) is 0.693. The molecule has 0 aliphatic heterocycles. The van der Waals surface area contributed by atoms with Crippen LogP contribution in [0.2, 0.25) is 0 Å². The molecule has 1 aromatic heterocycles. The van der Waals surface area contributed by atoms with Crippen LogP contribution in [0.15, 0.2) is 14.4 Å². The average Bonchev–Trinajstić information content (AvgIpc) is 2.45. The van der Waals surface area contributed by atoms with E-state index in [0.717, 1.165) is 19.3 Å². The van der Waals surface area contributed by atoms with E-state index in [-0.39, 0.29) is 0 Å². The molecule has 0 aromatic carbocycles. The molecule has 0 saturated heterocycles. The van der Waals surface area contributed by atoms with E-state index in [0.29, 0.717) is 37.4 Å². The molecule has 0 N–H and O–H groups in total. The number of aromatic nitrogens is 3. The third-order valence-electron chi connectivity index (χ3n) is 4.18. The molecule has 6 nitrogen and oxygen atoms in total. The maximum absolute atomic E-state index is 12.6. The maximum Gasteiger partial charge on any atom is 0.336 e. The predicted molar refractivity (Wildman–Crippen MR) is 97.6 cm³/mol. The largest absolute Gasteiger partial charge is 0.336 e. The van der Waals surface area contributed by atoms with Crippen molar-refractivity contribution in [3.63, 3.8) is 0 Å². The minimum Gasteiger partial charge on any atom is -0.247 e. The molecule has 1 aromatic rings. The van der Waals surface area contributed by atoms with Gasteiger partial charge in [0.1, 0.15) is 0 Å². The monoisotopic (exact) mass is 339 g/mol. The standard InChI is InChI=1S/C18H33N3O3/c1-13(2)7-10-19-16(22)20(11-8-14(3)4)18(24)21(17(19)23)12-9-15(5)6/h13-15H,7-12H2,1-6H3. The SMILES string of the molecule is CC(C)CCn1c(=O)n(CCC(C)C)c(=O)n(CCC(C)C)c1=O. The summed E-state index contributed by atoms with van der Waals surface area (Å²) in [5, 5.41) is 0. The number of hydrogen-bond donors (Lipinski definition) is 0. The second-order valence-electron chi connectivity index (χ2n) is 7.85. The molecular formula is C18H33N3O3. The van der Waals surface area contributed by atoms with Crippen molar-refractivity contribution in [2.24, 2.45) is 17.8 Å². The van der Waals surface area contributed by atoms with Crippen molar-refractivity contribution in [2.45, 2.75) is 80.4 Å². The van der Waals surface area contributed by atoms with E-state index < -0.39 is 17.1 Å². The Hall–Kier alpha value is -1.59. The Labute approximate surface area is 144 Å². The van der Waals surface area contributed by atoms with E-state index >= 15 is 0 Å². The Kier molecular flexibility index (Phi) is 7.70. The normalized spacial score (nSPS) is 11.9. The van der Waals surface area contributed by atoms with Gasteiger partial charge in [-0.3, -0.25) is 0 Å². The van der Waals surface area contributed by atoms with Crippen LogP contribution in [0.3, 0.4) is 0 Å². The van der Waals surface area contributed by atoms with E-state index in [1.165, 1.54) is 13.7 Å². The minimum atomic E-state index is -0.466. The maximum atomic E-state index is 12.6. The third-order valence-corrected chi connectivity index (χ3v) is 4.18. The molecule has 0 aliphatic carbocycles. The van der Waals surface area contributed by atoms with Crippen LogP contribution in [0.1, 0.15) is 60.8 Å². The zero-order valence-electron chi connectivity index (χ0n) is 16.0. The van der Waals surface area contributed by atoms with E-state index in [1.807, 2.05) is 0 Å². The van der Waals surface area contributed by atoms with E-state index in [4.69, 9.17) is 0 Å². The summed E-state index contributed by atoms with van der Waals surface area (Å²) in [6.07, 6.45) is 2.21. The van der Waals surface area contributed by atoms with Crippen LogP contribution in [0.25, 0.3) is 0 Å². The van der Waals surface area contributed by atoms with Crippen molar-refractivity contribution in [2.75, 3.05) is 0 Å². The fraction of sp³-hybridized carbons (Fsp3) is 0.833. The lowest BCUT2D eigenvalue weighted by atomic mass is 10.1. The van der Waals surface area contributed by atoms with Gasteiger partial charge in [0.05, 0.1) is 0 Å². The molecule has 0 saturated carbocycles. The van der Waals surface area contributed by atoms with Gasteiger partial charge in [0.2, 0.25) is 0 Å². The molecule has 6 heteroatoms. The second kappa shape index (κ2) is 9.04. The summed E-state index contributed by atoms with van der Waals surface area (Å²) < 4.78 is 3.71. The molecule has 0 amide bonds. The van der Waals surface area contributed by atoms with E-state index in [9.17, 15) is 14.4 Å². The van der Waals surface area contributed by atoms with Crippen LogP contribution >= 0.6 is 0 Å². The Morgan fingerprint density at radius 3 is 0.917 bits per heavy atom. The lowest BCUT2D eigenvalue weighted by molar-refractivity contribution is 0.385. The highest BCUT2D eigenvalue weighted by Crippen LogP contribution is 2.02. The van der Waals surface area contributed by atoms with Gasteiger partial charge in [-0.15, -0.1) is 0 Å². The zero-order chi connectivity index (χ0) is 18.4. The van der Waals surface area contributed by atoms with Gasteiger partial charge in [-0.05, 0) is 37.0 Å². The van der Waals surface area contributed by atoms with Crippen LogP contribution < -0.4 is 17.1 Å². The van der Waals surface area contributed by atoms with Crippen LogP contribution in [0.5, 0.6) is 0 Å². The van der Waals surface area contributed by atoms with Crippen molar-refractivity contribution in [3.8, 4) is 0 Å². The molecule has 24 heavy (non-hydrogen) atoms. The lowest BCUT2D eigenvalue weighted by Gasteiger charge is -2.16. The van der Waals surface area contributed by atoms with Gasteiger partial charge in [0, 0.05) is 19.6 Å². The summed E-state index contributed by atoms with van der Waals surface area (Å²) in [4.78, 5) is 37.9. The minimum absolute atomic E-state index is 0.360. The molecule has 1 rings (SSSR count). The lowest BCUT2D eigenvalue weighted by Crippen LogP contribution is -2.54. The van der Waals surface area contributed by atoms with E-state index in [2.05, 4.69) is 41.5 Å². The summed E-state index contributed by atoms with van der Waals surface area (Å²) in [5.41, 5.74) is -1.40. The number of nitrogens with zero attached hydrogens (tertiary/aromatic N) is 3. The van der Waals surface area contributed by atoms with Gasteiger partial charge in [-0.2, -0.15) is 0 Å². The first-order valence-electron chi connectivity index (χ1n) is 9.09. The molecule has 1 heterocycles. The Balaban J connectivity index is 3.38. The fourth-order valence-electron chi connectivity index (χ4n) is 2.42. The first kappa shape index (κ1) is 20.5. The van der Waals surface area contributed by atoms with Crippen LogP contribution in [0.4, 0.5) is 0 Å². The van der Waals surface area contributed by atoms with Crippen LogP contribution in [0, 0.1) is 17.8 Å². The van der Waals surface area contributed by atoms with Crippen LogP contribution in [-0.2, 0) is 19.6 Å². The Bertz CT molecular complexity index is 567. The molecule has 0 bridgehead atoms. The van der Waals surface area contributed by atoms with Crippen molar-refractivity contribution >= 4 is 0 Å². The van der Waals surface area contributed by atoms with Crippen molar-refractivity contribution in [1.82, 2.24) is 13.7 Å². The highest BCUT2D eigenvalue weighted by atomic mass is 16.2. The molecule has 0 unspecified atom stereocenters. The fourth-order valence-corrected chi connectivity index (χ4v) is 2.42. The molecule has 0 aliphatic rings. The number of hydrogen-bond acceptors (Lipinski definition) is 3. The topological polar surface area (TPSA) is 66.0 Å². The average molecular weight is 339 g/mol. The smallest absolute Gasteiger partial charge is 0.247 e. The molecule has 0 atom stereocenters. The molecule has 0 spiro atoms. The van der Waals surface area contributed by atoms with Crippen LogP contribution in [-0.4, -0.2) is 13.7 Å². The van der Waals surface area contributed by atoms with Gasteiger partial charge in [0.15, 0.2) is 0 Å². The molecule has 0 fully saturated rings. The van der Waals surface area contributed by atoms with Gasteiger partial charge in [-0.25, -0.2) is 28.1 Å². The molecular weight excluding hydrogens is 306 g/mol. The van der Waals surface area contributed by atoms with Crippen molar-refractivity contribution < 1.29 is 0 Å². The second-order valence-corrected chi connectivity index (χ2v) is 7.85. The van der Waals surface area contributed by atoms with E-state index in [1.54, 1.807) is 0 Å². The molecule has 138 valence electrons. The summed E-state index contributed by atoms with van der Waals surface area (Å²) in [6.45, 7) is 13.4. The van der Waals surface area contributed by atoms with Gasteiger partial charge in [0.25, 0.3) is 0 Å². The van der Waals surface area contributed by atoms with Gasteiger partial charge < -0.3 is 0 Å². The van der Waals surface area contributed by atoms with Gasteiger partial charge in [-0.1, -0.05) is 41.5 Å². The first-order chi connectivity index (χ1) is 11.1.